The van der Waals surface area contributed by atoms with E-state index < -0.39 is 0 Å². The van der Waals surface area contributed by atoms with Crippen LogP contribution in [0.25, 0.3) is 0 Å². The Kier molecular flexibility index (Phi) is 196. The van der Waals surface area contributed by atoms with Crippen molar-refractivity contribution in [3.8, 4) is 0 Å². The summed E-state index contributed by atoms with van der Waals surface area (Å²) in [7, 11) is 0. The summed E-state index contributed by atoms with van der Waals surface area (Å²) < 4.78 is 0. The summed E-state index contributed by atoms with van der Waals surface area (Å²) in [5, 5.41) is 0. The van der Waals surface area contributed by atoms with Gasteiger partial charge in [-0.15, -0.1) is 0 Å². The molecule has 0 amide bonds. The van der Waals surface area contributed by atoms with Gasteiger partial charge in [-0.1, -0.05) is 27.7 Å². The molecule has 0 radical (unpaired) electrons. The fourth-order valence-electron chi connectivity index (χ4n) is 0. The van der Waals surface area contributed by atoms with Gasteiger partial charge in [0.05, 0.1) is 0 Å². The van der Waals surface area contributed by atoms with Crippen LogP contribution in [-0.4, -0.2) is 0 Å². The molecule has 0 aliphatic carbocycles. The number of hydrogen-bond donors (Lipinski definition) is 0. The molecule has 0 spiro atoms. The zero-order chi connectivity index (χ0) is 4.00. The molecule has 0 aromatic rings. The zero-order valence-electron chi connectivity index (χ0n) is 4.35. The maximum absolute atomic E-state index is 2.00. The van der Waals surface area contributed by atoms with Gasteiger partial charge >= 0.3 is 0 Å². The number of hydrogen-bond acceptors (Lipinski definition) is 0. The first-order valence-electron chi connectivity index (χ1n) is 2.00. The van der Waals surface area contributed by atoms with E-state index in [9.17, 15) is 0 Å². The molecule has 0 aliphatic heterocycles. The molecule has 0 saturated carbocycles. The minimum absolute atomic E-state index is 0. The molecule has 1 heteroatoms. The van der Waals surface area contributed by atoms with Gasteiger partial charge in [-0.05, 0) is 0 Å². The Morgan fingerprint density at radius 1 is 0.600 bits per heavy atom. The third-order valence-electron chi connectivity index (χ3n) is 0. The van der Waals surface area contributed by atoms with Crippen LogP contribution in [0.2, 0.25) is 0 Å². The largest absolute Gasteiger partial charge is 0.0683 e. The Morgan fingerprint density at radius 2 is 0.600 bits per heavy atom. The van der Waals surface area contributed by atoms with Crippen molar-refractivity contribution in [2.24, 2.45) is 0 Å². The predicted octanol–water partition coefficient (Wildman–Crippen LogP) is 2.05. The third kappa shape index (κ3) is 35.2. The summed E-state index contributed by atoms with van der Waals surface area (Å²) >= 11 is 0. The van der Waals surface area contributed by atoms with Crippen molar-refractivity contribution in [2.75, 3.05) is 0 Å². The van der Waals surface area contributed by atoms with Crippen LogP contribution >= 0.6 is 0 Å². The maximum Gasteiger partial charge on any atom is 0 e. The van der Waals surface area contributed by atoms with E-state index in [0.717, 1.165) is 0 Å². The van der Waals surface area contributed by atoms with Gasteiger partial charge in [0.25, 0.3) is 0 Å². The molecule has 0 aliphatic rings. The topological polar surface area (TPSA) is 0 Å². The van der Waals surface area contributed by atoms with Gasteiger partial charge in [0, 0.05) is 37.7 Å². The fraction of sp³-hybridized carbons (Fsp3) is 1.00. The summed E-state index contributed by atoms with van der Waals surface area (Å²) in [6.45, 7) is 8.00. The van der Waals surface area contributed by atoms with Crippen molar-refractivity contribution >= 4 is 0 Å². The fourth-order valence-corrected chi connectivity index (χ4v) is 0. The molecule has 0 nitrogen and oxygen atoms in total. The molecule has 0 aromatic carbocycles. The molecule has 0 fully saturated rings. The molecule has 0 rings (SSSR count). The van der Waals surface area contributed by atoms with Crippen molar-refractivity contribution < 1.29 is 37.7 Å². The summed E-state index contributed by atoms with van der Waals surface area (Å²) in [6, 6.07) is 0. The van der Waals surface area contributed by atoms with E-state index in [4.69, 9.17) is 0 Å². The van der Waals surface area contributed by atoms with Crippen LogP contribution in [-0.2, 0) is 0 Å². The van der Waals surface area contributed by atoms with E-state index >= 15 is 0 Å². The van der Waals surface area contributed by atoms with Crippen molar-refractivity contribution in [2.45, 2.75) is 27.7 Å². The van der Waals surface area contributed by atoms with E-state index in [0.29, 0.717) is 0 Å². The molecule has 0 unspecified atom stereocenters. The molecular formula is C4H12Ar. The van der Waals surface area contributed by atoms with Crippen molar-refractivity contribution in [1.82, 2.24) is 0 Å². The SMILES string of the molecule is CC.CC.[Ar]. The van der Waals surface area contributed by atoms with Gasteiger partial charge in [0.15, 0.2) is 0 Å². The van der Waals surface area contributed by atoms with Crippen molar-refractivity contribution in [1.29, 1.82) is 0 Å². The molecule has 0 atom stereocenters. The van der Waals surface area contributed by atoms with Crippen LogP contribution < -0.4 is 0 Å². The first-order chi connectivity index (χ1) is 2.00. The molecule has 5 heavy (non-hydrogen) atoms. The Labute approximate surface area is 65.0 Å². The normalized spacial score (nSPS) is 2.40. The Bertz CT molecular complexity index is 3.61. The quantitative estimate of drug-likeness (QED) is 0.437. The van der Waals surface area contributed by atoms with E-state index in [1.807, 2.05) is 27.7 Å². The summed E-state index contributed by atoms with van der Waals surface area (Å²) in [5.41, 5.74) is 0. The van der Waals surface area contributed by atoms with Crippen LogP contribution in [0.4, 0.5) is 0 Å². The molecule has 0 bridgehead atoms. The first-order valence-corrected chi connectivity index (χ1v) is 2.00. The number of rotatable bonds is 0. The molecule has 0 heterocycles. The summed E-state index contributed by atoms with van der Waals surface area (Å²) in [5.74, 6) is 0. The average molecular weight is 100 g/mol. The van der Waals surface area contributed by atoms with Gasteiger partial charge in [-0.2, -0.15) is 0 Å². The van der Waals surface area contributed by atoms with Crippen LogP contribution in [0.5, 0.6) is 0 Å². The van der Waals surface area contributed by atoms with E-state index in [1.54, 1.807) is 0 Å². The van der Waals surface area contributed by atoms with Crippen LogP contribution in [0.3, 0.4) is 0 Å². The van der Waals surface area contributed by atoms with Crippen molar-refractivity contribution in [3.63, 3.8) is 0 Å². The Balaban J connectivity index is -0.0000000133. The van der Waals surface area contributed by atoms with Crippen LogP contribution in [0.15, 0.2) is 0 Å². The van der Waals surface area contributed by atoms with Crippen molar-refractivity contribution in [3.05, 3.63) is 0 Å². The predicted molar refractivity (Wildman–Crippen MR) is 22.7 cm³/mol. The smallest absolute Gasteiger partial charge is 0 e. The van der Waals surface area contributed by atoms with Gasteiger partial charge in [0.2, 0.25) is 0 Å². The van der Waals surface area contributed by atoms with Gasteiger partial charge < -0.3 is 0 Å². The van der Waals surface area contributed by atoms with Gasteiger partial charge in [-0.3, -0.25) is 0 Å². The van der Waals surface area contributed by atoms with Gasteiger partial charge in [-0.25, -0.2) is 0 Å². The third-order valence-corrected chi connectivity index (χ3v) is 0. The Morgan fingerprint density at radius 3 is 0.600 bits per heavy atom. The monoisotopic (exact) mass is 100 g/mol. The second-order valence-electron chi connectivity index (χ2n) is 0. The summed E-state index contributed by atoms with van der Waals surface area (Å²) in [6.07, 6.45) is 0. The zero-order valence-corrected chi connectivity index (χ0v) is 5.06. The van der Waals surface area contributed by atoms with E-state index in [-0.39, 0.29) is 37.7 Å². The minimum atomic E-state index is 0. The van der Waals surface area contributed by atoms with Crippen LogP contribution in [0, 0.1) is 37.7 Å². The molecule has 0 saturated heterocycles. The van der Waals surface area contributed by atoms with Crippen LogP contribution in [0.1, 0.15) is 27.7 Å². The molecular weight excluding hydrogens is 88.0 g/mol. The van der Waals surface area contributed by atoms with E-state index in [1.165, 1.54) is 0 Å². The minimum Gasteiger partial charge on any atom is -0.0683 e. The van der Waals surface area contributed by atoms with E-state index in [2.05, 4.69) is 0 Å². The Hall–Kier alpha value is 1.26. The average Bonchev–Trinajstić information content (AvgIpc) is 1.50. The molecule has 0 aromatic heterocycles. The molecule has 0 N–H and O–H groups in total. The first kappa shape index (κ1) is 16.3. The molecule has 36 valence electrons. The second kappa shape index (κ2) is 60.1. The summed E-state index contributed by atoms with van der Waals surface area (Å²) in [4.78, 5) is 0. The maximum atomic E-state index is 2.00. The second-order valence-corrected chi connectivity index (χ2v) is 0. The standard InChI is InChI=1S/2C2H6.Ar/c2*1-2;/h2*1-2H3;. The van der Waals surface area contributed by atoms with Gasteiger partial charge in [0.1, 0.15) is 0 Å².